The summed E-state index contributed by atoms with van der Waals surface area (Å²) in [6.07, 6.45) is 0.925. The predicted molar refractivity (Wildman–Crippen MR) is 95.0 cm³/mol. The zero-order valence-corrected chi connectivity index (χ0v) is 15.0. The molecule has 0 spiro atoms. The fourth-order valence-corrected chi connectivity index (χ4v) is 3.04. The molecule has 0 radical (unpaired) electrons. The number of nitrogen functional groups attached to an aromatic ring is 1. The van der Waals surface area contributed by atoms with Crippen LogP contribution in [0.3, 0.4) is 0 Å². The minimum absolute atomic E-state index is 0.0939. The summed E-state index contributed by atoms with van der Waals surface area (Å²) in [5.41, 5.74) is 6.90. The second-order valence-corrected chi connectivity index (χ2v) is 7.43. The van der Waals surface area contributed by atoms with Gasteiger partial charge in [0, 0.05) is 19.6 Å². The Hall–Kier alpha value is -2.41. The van der Waals surface area contributed by atoms with Crippen LogP contribution in [-0.4, -0.2) is 44.6 Å². The Morgan fingerprint density at radius 1 is 1.32 bits per heavy atom. The highest BCUT2D eigenvalue weighted by Crippen LogP contribution is 2.26. The van der Waals surface area contributed by atoms with Gasteiger partial charge in [-0.1, -0.05) is 35.5 Å². The van der Waals surface area contributed by atoms with Gasteiger partial charge in [-0.05, 0) is 32.8 Å². The number of benzene rings is 1. The number of esters is 1. The number of rotatable bonds is 4. The summed E-state index contributed by atoms with van der Waals surface area (Å²) in [6.45, 7) is 8.11. The molecule has 1 aliphatic heterocycles. The van der Waals surface area contributed by atoms with Crippen molar-refractivity contribution in [3.05, 3.63) is 41.6 Å². The molecule has 1 aliphatic rings. The highest BCUT2D eigenvalue weighted by atomic mass is 16.6. The van der Waals surface area contributed by atoms with Crippen molar-refractivity contribution in [3.8, 4) is 0 Å². The fraction of sp³-hybridized carbons (Fsp3) is 0.500. The maximum Gasteiger partial charge on any atom is 0.363 e. The summed E-state index contributed by atoms with van der Waals surface area (Å²) in [5.74, 6) is -0.254. The van der Waals surface area contributed by atoms with E-state index < -0.39 is 11.6 Å². The molecule has 1 fully saturated rings. The Bertz CT molecular complexity index is 736. The van der Waals surface area contributed by atoms with E-state index in [-0.39, 0.29) is 17.6 Å². The van der Waals surface area contributed by atoms with Gasteiger partial charge in [0.1, 0.15) is 5.60 Å². The number of nitrogens with zero attached hydrogens (tertiary/aromatic N) is 4. The molecule has 1 saturated heterocycles. The number of likely N-dealkylation sites (tertiary alicyclic amines) is 1. The van der Waals surface area contributed by atoms with Crippen LogP contribution in [-0.2, 0) is 11.3 Å². The molecule has 134 valence electrons. The van der Waals surface area contributed by atoms with Crippen LogP contribution in [0.5, 0.6) is 0 Å². The van der Waals surface area contributed by atoms with Gasteiger partial charge in [0.05, 0.1) is 6.04 Å². The van der Waals surface area contributed by atoms with Crippen LogP contribution in [0.15, 0.2) is 30.3 Å². The SMILES string of the molecule is CC(C)(C)OC(=O)c1nnn(C2CCN(Cc3ccccc3)C2)c1N. The van der Waals surface area contributed by atoms with Crippen molar-refractivity contribution in [3.63, 3.8) is 0 Å². The minimum atomic E-state index is -0.590. The minimum Gasteiger partial charge on any atom is -0.455 e. The lowest BCUT2D eigenvalue weighted by Gasteiger charge is -2.19. The highest BCUT2D eigenvalue weighted by molar-refractivity contribution is 5.92. The highest BCUT2D eigenvalue weighted by Gasteiger charge is 2.30. The summed E-state index contributed by atoms with van der Waals surface area (Å²) in [4.78, 5) is 14.5. The molecule has 1 aromatic heterocycles. The molecule has 2 heterocycles. The van der Waals surface area contributed by atoms with Gasteiger partial charge in [-0.2, -0.15) is 0 Å². The number of aromatic nitrogens is 3. The molecule has 25 heavy (non-hydrogen) atoms. The Morgan fingerprint density at radius 3 is 2.72 bits per heavy atom. The van der Waals surface area contributed by atoms with E-state index in [1.807, 2.05) is 39.0 Å². The molecule has 3 rings (SSSR count). The molecular formula is C18H25N5O2. The fourth-order valence-electron chi connectivity index (χ4n) is 3.04. The summed E-state index contributed by atoms with van der Waals surface area (Å²) in [5, 5.41) is 8.05. The third kappa shape index (κ3) is 4.17. The summed E-state index contributed by atoms with van der Waals surface area (Å²) < 4.78 is 6.99. The monoisotopic (exact) mass is 343 g/mol. The lowest BCUT2D eigenvalue weighted by atomic mass is 10.2. The number of ether oxygens (including phenoxy) is 1. The molecule has 1 unspecified atom stereocenters. The number of hydrogen-bond donors (Lipinski definition) is 1. The number of carbonyl (C=O) groups is 1. The average molecular weight is 343 g/mol. The molecule has 7 heteroatoms. The Labute approximate surface area is 147 Å². The summed E-state index contributed by atoms with van der Waals surface area (Å²) in [6, 6.07) is 10.5. The molecule has 2 N–H and O–H groups in total. The Kier molecular flexibility index (Phi) is 4.76. The number of anilines is 1. The predicted octanol–water partition coefficient (Wildman–Crippen LogP) is 2.26. The lowest BCUT2D eigenvalue weighted by Crippen LogP contribution is -2.25. The first-order valence-corrected chi connectivity index (χ1v) is 8.54. The maximum atomic E-state index is 12.2. The van der Waals surface area contributed by atoms with E-state index in [1.54, 1.807) is 4.68 Å². The van der Waals surface area contributed by atoms with E-state index in [2.05, 4.69) is 27.3 Å². The molecule has 2 aromatic rings. The third-order valence-electron chi connectivity index (χ3n) is 4.17. The Morgan fingerprint density at radius 2 is 2.04 bits per heavy atom. The molecule has 0 saturated carbocycles. The van der Waals surface area contributed by atoms with Crippen LogP contribution in [0.2, 0.25) is 0 Å². The van der Waals surface area contributed by atoms with Crippen molar-refractivity contribution >= 4 is 11.8 Å². The first kappa shape index (κ1) is 17.4. The van der Waals surface area contributed by atoms with E-state index >= 15 is 0 Å². The molecule has 0 amide bonds. The van der Waals surface area contributed by atoms with Crippen LogP contribution in [0.25, 0.3) is 0 Å². The van der Waals surface area contributed by atoms with Crippen LogP contribution < -0.4 is 5.73 Å². The normalized spacial score (nSPS) is 18.4. The maximum absolute atomic E-state index is 12.2. The lowest BCUT2D eigenvalue weighted by molar-refractivity contribution is 0.00640. The van der Waals surface area contributed by atoms with Gasteiger partial charge in [0.2, 0.25) is 5.69 Å². The van der Waals surface area contributed by atoms with Gasteiger partial charge >= 0.3 is 5.97 Å². The van der Waals surface area contributed by atoms with E-state index in [0.717, 1.165) is 26.1 Å². The Balaban J connectivity index is 1.66. The standard InChI is InChI=1S/C18H25N5O2/c1-18(2,3)25-17(24)15-16(19)23(21-20-15)14-9-10-22(12-14)11-13-7-5-4-6-8-13/h4-8,14H,9-12,19H2,1-3H3. The topological polar surface area (TPSA) is 86.3 Å². The van der Waals surface area contributed by atoms with Crippen molar-refractivity contribution in [1.29, 1.82) is 0 Å². The van der Waals surface area contributed by atoms with Gasteiger partial charge in [-0.15, -0.1) is 5.10 Å². The number of carbonyl (C=O) groups excluding carboxylic acids is 1. The first-order valence-electron chi connectivity index (χ1n) is 8.54. The third-order valence-corrected chi connectivity index (χ3v) is 4.17. The summed E-state index contributed by atoms with van der Waals surface area (Å²) in [7, 11) is 0. The van der Waals surface area contributed by atoms with Crippen LogP contribution >= 0.6 is 0 Å². The molecule has 7 nitrogen and oxygen atoms in total. The number of hydrogen-bond acceptors (Lipinski definition) is 6. The van der Waals surface area contributed by atoms with E-state index in [0.29, 0.717) is 0 Å². The smallest absolute Gasteiger partial charge is 0.363 e. The van der Waals surface area contributed by atoms with E-state index in [4.69, 9.17) is 10.5 Å². The molecule has 0 aliphatic carbocycles. The second-order valence-electron chi connectivity index (χ2n) is 7.43. The van der Waals surface area contributed by atoms with Gasteiger partial charge in [-0.3, -0.25) is 4.90 Å². The van der Waals surface area contributed by atoms with Crippen LogP contribution in [0.1, 0.15) is 49.3 Å². The molecular weight excluding hydrogens is 318 g/mol. The van der Waals surface area contributed by atoms with Crippen molar-refractivity contribution < 1.29 is 9.53 Å². The quantitative estimate of drug-likeness (QED) is 0.857. The van der Waals surface area contributed by atoms with Crippen molar-refractivity contribution in [2.24, 2.45) is 0 Å². The van der Waals surface area contributed by atoms with Crippen molar-refractivity contribution in [2.75, 3.05) is 18.8 Å². The first-order chi connectivity index (χ1) is 11.8. The van der Waals surface area contributed by atoms with Gasteiger partial charge in [-0.25, -0.2) is 9.48 Å². The van der Waals surface area contributed by atoms with Crippen molar-refractivity contribution in [2.45, 2.75) is 45.4 Å². The van der Waals surface area contributed by atoms with Crippen LogP contribution in [0.4, 0.5) is 5.82 Å². The van der Waals surface area contributed by atoms with Crippen LogP contribution in [0, 0.1) is 0 Å². The molecule has 0 bridgehead atoms. The summed E-state index contributed by atoms with van der Waals surface area (Å²) >= 11 is 0. The van der Waals surface area contributed by atoms with E-state index in [9.17, 15) is 4.79 Å². The second kappa shape index (κ2) is 6.84. The van der Waals surface area contributed by atoms with Gasteiger partial charge in [0.15, 0.2) is 5.82 Å². The van der Waals surface area contributed by atoms with Gasteiger partial charge in [0.25, 0.3) is 0 Å². The van der Waals surface area contributed by atoms with E-state index in [1.165, 1.54) is 5.56 Å². The van der Waals surface area contributed by atoms with Gasteiger partial charge < -0.3 is 10.5 Å². The zero-order chi connectivity index (χ0) is 18.0. The largest absolute Gasteiger partial charge is 0.455 e. The van der Waals surface area contributed by atoms with Crippen molar-refractivity contribution in [1.82, 2.24) is 19.9 Å². The molecule has 1 aromatic carbocycles. The average Bonchev–Trinajstić information content (AvgIpc) is 3.13. The zero-order valence-electron chi connectivity index (χ0n) is 15.0. The number of nitrogens with two attached hydrogens (primary N) is 1. The molecule has 1 atom stereocenters.